The number of aryl methyl sites for hydroxylation is 1. The summed E-state index contributed by atoms with van der Waals surface area (Å²) in [6, 6.07) is 14.1. The van der Waals surface area contributed by atoms with Crippen molar-refractivity contribution in [3.05, 3.63) is 54.1 Å². The first kappa shape index (κ1) is 23.5. The van der Waals surface area contributed by atoms with Crippen molar-refractivity contribution in [3.63, 3.8) is 0 Å². The minimum absolute atomic E-state index is 0.128. The van der Waals surface area contributed by atoms with Gasteiger partial charge < -0.3 is 10.1 Å². The van der Waals surface area contributed by atoms with Gasteiger partial charge in [0.15, 0.2) is 0 Å². The van der Waals surface area contributed by atoms with Crippen molar-refractivity contribution in [1.29, 1.82) is 0 Å². The van der Waals surface area contributed by atoms with Gasteiger partial charge in [0, 0.05) is 24.2 Å². The van der Waals surface area contributed by atoms with Crippen molar-refractivity contribution in [2.45, 2.75) is 41.9 Å². The third-order valence-electron chi connectivity index (χ3n) is 5.69. The second kappa shape index (κ2) is 9.70. The van der Waals surface area contributed by atoms with Gasteiger partial charge in [0.25, 0.3) is 0 Å². The van der Waals surface area contributed by atoms with E-state index in [9.17, 15) is 13.2 Å². The summed E-state index contributed by atoms with van der Waals surface area (Å²) in [5, 5.41) is 4.05. The number of fused-ring (bicyclic) bond motifs is 1. The van der Waals surface area contributed by atoms with Crippen LogP contribution in [0, 0.1) is 6.92 Å². The normalized spacial score (nSPS) is 15.5. The monoisotopic (exact) mass is 485 g/mol. The van der Waals surface area contributed by atoms with Crippen molar-refractivity contribution < 1.29 is 17.9 Å². The standard InChI is InChI=1S/C24H27N3O4S2/c1-16-14-23(32-17(2)24(28)25-18-6-8-19(31-3)9-7-18)26-22-11-10-20(15-21(16)22)33(29,30)27-12-4-5-13-27/h6-11,14-15,17H,4-5,12-13H2,1-3H3,(H,25,28)/t17-/m0/s1. The van der Waals surface area contributed by atoms with Crippen LogP contribution in [0.2, 0.25) is 0 Å². The number of ether oxygens (including phenoxy) is 1. The highest BCUT2D eigenvalue weighted by molar-refractivity contribution is 8.00. The Hall–Kier alpha value is -2.62. The summed E-state index contributed by atoms with van der Waals surface area (Å²) in [6.07, 6.45) is 1.80. The van der Waals surface area contributed by atoms with Crippen molar-refractivity contribution in [1.82, 2.24) is 9.29 Å². The lowest BCUT2D eigenvalue weighted by Crippen LogP contribution is -2.27. The van der Waals surface area contributed by atoms with E-state index in [1.807, 2.05) is 19.9 Å². The van der Waals surface area contributed by atoms with Crippen LogP contribution >= 0.6 is 11.8 Å². The van der Waals surface area contributed by atoms with Gasteiger partial charge in [-0.2, -0.15) is 4.31 Å². The molecule has 1 aromatic heterocycles. The molecule has 0 bridgehead atoms. The molecule has 7 nitrogen and oxygen atoms in total. The first-order valence-electron chi connectivity index (χ1n) is 10.8. The van der Waals surface area contributed by atoms with Gasteiger partial charge in [-0.05, 0) is 80.8 Å². The molecule has 33 heavy (non-hydrogen) atoms. The van der Waals surface area contributed by atoms with Crippen LogP contribution in [-0.2, 0) is 14.8 Å². The quantitative estimate of drug-likeness (QED) is 0.497. The summed E-state index contributed by atoms with van der Waals surface area (Å²) in [4.78, 5) is 17.6. The van der Waals surface area contributed by atoms with Crippen LogP contribution in [0.25, 0.3) is 10.9 Å². The Morgan fingerprint density at radius 1 is 1.12 bits per heavy atom. The Morgan fingerprint density at radius 3 is 2.48 bits per heavy atom. The molecular weight excluding hydrogens is 458 g/mol. The molecule has 1 aliphatic heterocycles. The third-order valence-corrected chi connectivity index (χ3v) is 8.60. The first-order valence-corrected chi connectivity index (χ1v) is 13.1. The first-order chi connectivity index (χ1) is 15.8. The Balaban J connectivity index is 1.50. The zero-order valence-electron chi connectivity index (χ0n) is 18.9. The molecular formula is C24H27N3O4S2. The largest absolute Gasteiger partial charge is 0.497 e. The number of methoxy groups -OCH3 is 1. The van der Waals surface area contributed by atoms with Crippen molar-refractivity contribution in [2.75, 3.05) is 25.5 Å². The summed E-state index contributed by atoms with van der Waals surface area (Å²) in [7, 11) is -1.89. The van der Waals surface area contributed by atoms with Gasteiger partial charge in [-0.1, -0.05) is 11.8 Å². The summed E-state index contributed by atoms with van der Waals surface area (Å²) < 4.78 is 32.5. The molecule has 1 N–H and O–H groups in total. The number of rotatable bonds is 7. The fourth-order valence-electron chi connectivity index (χ4n) is 3.79. The number of pyridine rings is 1. The van der Waals surface area contributed by atoms with E-state index in [4.69, 9.17) is 4.74 Å². The van der Waals surface area contributed by atoms with Gasteiger partial charge in [0.2, 0.25) is 15.9 Å². The van der Waals surface area contributed by atoms with Crippen molar-refractivity contribution in [2.24, 2.45) is 0 Å². The summed E-state index contributed by atoms with van der Waals surface area (Å²) in [6.45, 7) is 4.91. The van der Waals surface area contributed by atoms with Gasteiger partial charge in [-0.25, -0.2) is 13.4 Å². The van der Waals surface area contributed by atoms with E-state index in [1.54, 1.807) is 53.9 Å². The Labute approximate surface area is 198 Å². The number of sulfonamides is 1. The maximum Gasteiger partial charge on any atom is 0.243 e. The molecule has 2 aromatic carbocycles. The number of amides is 1. The second-order valence-electron chi connectivity index (χ2n) is 8.05. The molecule has 1 amide bonds. The lowest BCUT2D eigenvalue weighted by atomic mass is 10.1. The average Bonchev–Trinajstić information content (AvgIpc) is 3.35. The minimum atomic E-state index is -3.48. The molecule has 3 aromatic rings. The lowest BCUT2D eigenvalue weighted by molar-refractivity contribution is -0.115. The Bertz CT molecular complexity index is 1270. The SMILES string of the molecule is COc1ccc(NC(=O)[C@H](C)Sc2cc(C)c3cc(S(=O)(=O)N4CCCC4)ccc3n2)cc1. The number of thioether (sulfide) groups is 1. The van der Waals surface area contributed by atoms with E-state index in [0.717, 1.165) is 29.5 Å². The molecule has 0 unspecified atom stereocenters. The molecule has 0 saturated carbocycles. The maximum absolute atomic E-state index is 12.9. The van der Waals surface area contributed by atoms with Gasteiger partial charge in [-0.15, -0.1) is 0 Å². The fourth-order valence-corrected chi connectivity index (χ4v) is 6.26. The van der Waals surface area contributed by atoms with Gasteiger partial charge in [0.1, 0.15) is 5.75 Å². The molecule has 1 saturated heterocycles. The number of carbonyl (C=O) groups is 1. The van der Waals surface area contributed by atoms with Crippen LogP contribution < -0.4 is 10.1 Å². The Kier molecular flexibility index (Phi) is 6.92. The molecule has 9 heteroatoms. The Morgan fingerprint density at radius 2 is 1.82 bits per heavy atom. The van der Waals surface area contributed by atoms with Crippen LogP contribution in [0.5, 0.6) is 5.75 Å². The average molecular weight is 486 g/mol. The molecule has 1 fully saturated rings. The maximum atomic E-state index is 12.9. The molecule has 0 radical (unpaired) electrons. The zero-order valence-corrected chi connectivity index (χ0v) is 20.5. The second-order valence-corrected chi connectivity index (χ2v) is 11.3. The van der Waals surface area contributed by atoms with Gasteiger partial charge in [0.05, 0.1) is 27.8 Å². The van der Waals surface area contributed by atoms with Crippen LogP contribution in [-0.4, -0.2) is 49.1 Å². The highest BCUT2D eigenvalue weighted by atomic mass is 32.2. The number of nitrogens with one attached hydrogen (secondary N) is 1. The smallest absolute Gasteiger partial charge is 0.243 e. The predicted octanol–water partition coefficient (Wildman–Crippen LogP) is 4.46. The number of carbonyl (C=O) groups excluding carboxylic acids is 1. The molecule has 0 spiro atoms. The van der Waals surface area contributed by atoms with Crippen molar-refractivity contribution in [3.8, 4) is 5.75 Å². The third kappa shape index (κ3) is 5.15. The van der Waals surface area contributed by atoms with Crippen LogP contribution in [0.1, 0.15) is 25.3 Å². The number of aromatic nitrogens is 1. The van der Waals surface area contributed by atoms with Crippen LogP contribution in [0.4, 0.5) is 5.69 Å². The van der Waals surface area contributed by atoms with Crippen molar-refractivity contribution >= 4 is 44.3 Å². The highest BCUT2D eigenvalue weighted by Gasteiger charge is 2.27. The molecule has 1 atom stereocenters. The van der Waals surface area contributed by atoms with E-state index in [-0.39, 0.29) is 11.2 Å². The van der Waals surface area contributed by atoms with E-state index < -0.39 is 10.0 Å². The lowest BCUT2D eigenvalue weighted by Gasteiger charge is -2.16. The van der Waals surface area contributed by atoms with Gasteiger partial charge >= 0.3 is 0 Å². The van der Waals surface area contributed by atoms with E-state index in [1.165, 1.54) is 11.8 Å². The fraction of sp³-hybridized carbons (Fsp3) is 0.333. The predicted molar refractivity (Wildman–Crippen MR) is 131 cm³/mol. The number of hydrogen-bond acceptors (Lipinski definition) is 6. The minimum Gasteiger partial charge on any atom is -0.497 e. The number of nitrogens with zero attached hydrogens (tertiary/aromatic N) is 2. The van der Waals surface area contributed by atoms with Crippen LogP contribution in [0.3, 0.4) is 0 Å². The van der Waals surface area contributed by atoms with Gasteiger partial charge in [-0.3, -0.25) is 4.79 Å². The number of hydrogen-bond donors (Lipinski definition) is 1. The summed E-state index contributed by atoms with van der Waals surface area (Å²) >= 11 is 1.36. The molecule has 4 rings (SSSR count). The number of anilines is 1. The summed E-state index contributed by atoms with van der Waals surface area (Å²) in [5.74, 6) is 0.597. The molecule has 1 aliphatic rings. The topological polar surface area (TPSA) is 88.6 Å². The summed E-state index contributed by atoms with van der Waals surface area (Å²) in [5.41, 5.74) is 2.33. The van der Waals surface area contributed by atoms with Crippen LogP contribution in [0.15, 0.2) is 58.5 Å². The van der Waals surface area contributed by atoms with E-state index >= 15 is 0 Å². The molecule has 174 valence electrons. The van der Waals surface area contributed by atoms with E-state index in [2.05, 4.69) is 10.3 Å². The molecule has 0 aliphatic carbocycles. The molecule has 2 heterocycles. The number of benzene rings is 2. The van der Waals surface area contributed by atoms with E-state index in [0.29, 0.717) is 34.2 Å². The zero-order chi connectivity index (χ0) is 23.6. The highest BCUT2D eigenvalue weighted by Crippen LogP contribution is 2.30.